The van der Waals surface area contributed by atoms with E-state index in [0.717, 1.165) is 15.8 Å². The summed E-state index contributed by atoms with van der Waals surface area (Å²) < 4.78 is 13.6. The number of hydrogen-bond donors (Lipinski definition) is 0. The highest BCUT2D eigenvalue weighted by Crippen LogP contribution is 2.28. The number of aryl methyl sites for hydroxylation is 3. The fourth-order valence-electron chi connectivity index (χ4n) is 3.10. The molecule has 3 aromatic rings. The standard InChI is InChI=1S/C20H22N2O3S/c1-12-8-13(2)19-17(9-12)26-20(22(19)3)21-18(23)11-14-6-7-15(24-4)16(10-14)25-5/h6-10H,11H2,1-5H3. The largest absolute Gasteiger partial charge is 0.493 e. The van der Waals surface area contributed by atoms with Crippen molar-refractivity contribution in [1.29, 1.82) is 0 Å². The van der Waals surface area contributed by atoms with E-state index < -0.39 is 0 Å². The van der Waals surface area contributed by atoms with E-state index in [0.29, 0.717) is 16.3 Å². The summed E-state index contributed by atoms with van der Waals surface area (Å²) >= 11 is 1.54. The van der Waals surface area contributed by atoms with Gasteiger partial charge in [0.25, 0.3) is 5.91 Å². The summed E-state index contributed by atoms with van der Waals surface area (Å²) in [6.45, 7) is 4.16. The lowest BCUT2D eigenvalue weighted by Gasteiger charge is -2.08. The molecule has 0 aliphatic heterocycles. The first-order valence-corrected chi connectivity index (χ1v) is 9.10. The van der Waals surface area contributed by atoms with Crippen LogP contribution in [0.15, 0.2) is 35.3 Å². The average molecular weight is 370 g/mol. The van der Waals surface area contributed by atoms with Crippen molar-refractivity contribution < 1.29 is 14.3 Å². The fraction of sp³-hybridized carbons (Fsp3) is 0.300. The summed E-state index contributed by atoms with van der Waals surface area (Å²) in [6, 6.07) is 9.74. The number of thiazole rings is 1. The molecular formula is C20H22N2O3S. The zero-order chi connectivity index (χ0) is 18.8. The fourth-order valence-corrected chi connectivity index (χ4v) is 4.31. The summed E-state index contributed by atoms with van der Waals surface area (Å²) in [5.74, 6) is 1.06. The number of fused-ring (bicyclic) bond motifs is 1. The van der Waals surface area contributed by atoms with Crippen LogP contribution in [-0.4, -0.2) is 24.7 Å². The number of ether oxygens (including phenoxy) is 2. The van der Waals surface area contributed by atoms with E-state index >= 15 is 0 Å². The van der Waals surface area contributed by atoms with E-state index in [1.165, 1.54) is 22.5 Å². The Hall–Kier alpha value is -2.60. The molecule has 0 aliphatic rings. The lowest BCUT2D eigenvalue weighted by Crippen LogP contribution is -2.14. The molecule has 0 saturated carbocycles. The molecule has 0 unspecified atom stereocenters. The van der Waals surface area contributed by atoms with E-state index in [2.05, 4.69) is 31.0 Å². The number of hydrogen-bond acceptors (Lipinski definition) is 4. The van der Waals surface area contributed by atoms with Gasteiger partial charge in [-0.25, -0.2) is 0 Å². The van der Waals surface area contributed by atoms with Gasteiger partial charge < -0.3 is 14.0 Å². The highest BCUT2D eigenvalue weighted by molar-refractivity contribution is 7.16. The maximum absolute atomic E-state index is 12.5. The van der Waals surface area contributed by atoms with Gasteiger partial charge in [-0.1, -0.05) is 23.5 Å². The second-order valence-electron chi connectivity index (χ2n) is 6.24. The molecule has 136 valence electrons. The van der Waals surface area contributed by atoms with Crippen LogP contribution in [0.1, 0.15) is 16.7 Å². The first kappa shape index (κ1) is 18.2. The number of aromatic nitrogens is 1. The van der Waals surface area contributed by atoms with Crippen LogP contribution in [-0.2, 0) is 18.3 Å². The van der Waals surface area contributed by atoms with Crippen LogP contribution in [0.5, 0.6) is 11.5 Å². The van der Waals surface area contributed by atoms with Crippen molar-refractivity contribution >= 4 is 27.5 Å². The third-order valence-corrected chi connectivity index (χ3v) is 5.34. The lowest BCUT2D eigenvalue weighted by molar-refractivity contribution is -0.117. The highest BCUT2D eigenvalue weighted by atomic mass is 32.1. The third-order valence-electron chi connectivity index (χ3n) is 4.26. The molecular weight excluding hydrogens is 348 g/mol. The number of benzene rings is 2. The number of amides is 1. The number of nitrogens with zero attached hydrogens (tertiary/aromatic N) is 2. The quantitative estimate of drug-likeness (QED) is 0.706. The van der Waals surface area contributed by atoms with Gasteiger partial charge in [0, 0.05) is 7.05 Å². The summed E-state index contributed by atoms with van der Waals surface area (Å²) in [5.41, 5.74) is 4.36. The van der Waals surface area contributed by atoms with Crippen LogP contribution < -0.4 is 14.3 Å². The van der Waals surface area contributed by atoms with Crippen molar-refractivity contribution in [2.24, 2.45) is 12.0 Å². The van der Waals surface area contributed by atoms with Gasteiger partial charge in [0.15, 0.2) is 16.3 Å². The Balaban J connectivity index is 1.93. The average Bonchev–Trinajstić information content (AvgIpc) is 2.90. The predicted octanol–water partition coefficient (Wildman–Crippen LogP) is 3.54. The van der Waals surface area contributed by atoms with E-state index in [1.807, 2.05) is 23.7 Å². The molecule has 26 heavy (non-hydrogen) atoms. The van der Waals surface area contributed by atoms with Crippen LogP contribution in [0.4, 0.5) is 0 Å². The molecule has 0 aliphatic carbocycles. The summed E-state index contributed by atoms with van der Waals surface area (Å²) in [5, 5.41) is 0. The van der Waals surface area contributed by atoms with Gasteiger partial charge in [-0.05, 0) is 48.7 Å². The van der Waals surface area contributed by atoms with Crippen molar-refractivity contribution in [2.45, 2.75) is 20.3 Å². The van der Waals surface area contributed by atoms with Gasteiger partial charge in [-0.2, -0.15) is 4.99 Å². The topological polar surface area (TPSA) is 52.8 Å². The van der Waals surface area contributed by atoms with Gasteiger partial charge in [-0.15, -0.1) is 0 Å². The van der Waals surface area contributed by atoms with Crippen LogP contribution in [0.3, 0.4) is 0 Å². The number of rotatable bonds is 4. The van der Waals surface area contributed by atoms with E-state index in [9.17, 15) is 4.79 Å². The Morgan fingerprint density at radius 2 is 1.85 bits per heavy atom. The maximum atomic E-state index is 12.5. The molecule has 6 heteroatoms. The van der Waals surface area contributed by atoms with Gasteiger partial charge in [0.2, 0.25) is 0 Å². The Bertz CT molecular complexity index is 1050. The molecule has 1 aromatic heterocycles. The van der Waals surface area contributed by atoms with Crippen molar-refractivity contribution in [1.82, 2.24) is 4.57 Å². The highest BCUT2D eigenvalue weighted by Gasteiger charge is 2.10. The number of carbonyl (C=O) groups is 1. The normalized spacial score (nSPS) is 11.8. The lowest BCUT2D eigenvalue weighted by atomic mass is 10.1. The van der Waals surface area contributed by atoms with Crippen molar-refractivity contribution in [3.63, 3.8) is 0 Å². The Kier molecular flexibility index (Phi) is 5.13. The second-order valence-corrected chi connectivity index (χ2v) is 7.25. The monoisotopic (exact) mass is 370 g/mol. The minimum absolute atomic E-state index is 0.186. The summed E-state index contributed by atoms with van der Waals surface area (Å²) in [6.07, 6.45) is 0.215. The van der Waals surface area contributed by atoms with Crippen LogP contribution in [0.2, 0.25) is 0 Å². The molecule has 0 atom stereocenters. The van der Waals surface area contributed by atoms with Crippen LogP contribution >= 0.6 is 11.3 Å². The minimum Gasteiger partial charge on any atom is -0.493 e. The molecule has 0 radical (unpaired) electrons. The smallest absolute Gasteiger partial charge is 0.252 e. The Labute approximate surface area is 156 Å². The van der Waals surface area contributed by atoms with Gasteiger partial charge in [0.05, 0.1) is 30.9 Å². The zero-order valence-electron chi connectivity index (χ0n) is 15.6. The first-order valence-electron chi connectivity index (χ1n) is 8.28. The first-order chi connectivity index (χ1) is 12.4. The van der Waals surface area contributed by atoms with Crippen LogP contribution in [0.25, 0.3) is 10.2 Å². The molecule has 0 bridgehead atoms. The maximum Gasteiger partial charge on any atom is 0.252 e. The molecule has 1 heterocycles. The summed E-state index contributed by atoms with van der Waals surface area (Å²) in [7, 11) is 5.11. The van der Waals surface area contributed by atoms with Crippen molar-refractivity contribution in [2.75, 3.05) is 14.2 Å². The molecule has 0 fully saturated rings. The Morgan fingerprint density at radius 1 is 1.12 bits per heavy atom. The zero-order valence-corrected chi connectivity index (χ0v) is 16.4. The SMILES string of the molecule is COc1ccc(CC(=O)N=c2sc3cc(C)cc(C)c3n2C)cc1OC. The molecule has 5 nitrogen and oxygen atoms in total. The Morgan fingerprint density at radius 3 is 2.54 bits per heavy atom. The van der Waals surface area contributed by atoms with Crippen molar-refractivity contribution in [3.8, 4) is 11.5 Å². The van der Waals surface area contributed by atoms with Crippen LogP contribution in [0, 0.1) is 13.8 Å². The molecule has 0 saturated heterocycles. The van der Waals surface area contributed by atoms with Crippen molar-refractivity contribution in [3.05, 3.63) is 51.8 Å². The van der Waals surface area contributed by atoms with Gasteiger partial charge >= 0.3 is 0 Å². The second kappa shape index (κ2) is 7.33. The number of methoxy groups -OCH3 is 2. The van der Waals surface area contributed by atoms with Gasteiger partial charge in [-0.3, -0.25) is 4.79 Å². The molecule has 0 N–H and O–H groups in total. The molecule has 2 aromatic carbocycles. The molecule has 3 rings (SSSR count). The minimum atomic E-state index is -0.186. The third kappa shape index (κ3) is 3.51. The number of carbonyl (C=O) groups excluding carboxylic acids is 1. The molecule has 1 amide bonds. The summed E-state index contributed by atoms with van der Waals surface area (Å²) in [4.78, 5) is 17.5. The van der Waals surface area contributed by atoms with E-state index in [1.54, 1.807) is 20.3 Å². The van der Waals surface area contributed by atoms with E-state index in [4.69, 9.17) is 9.47 Å². The van der Waals surface area contributed by atoms with Gasteiger partial charge in [0.1, 0.15) is 0 Å². The predicted molar refractivity (Wildman–Crippen MR) is 104 cm³/mol. The van der Waals surface area contributed by atoms with E-state index in [-0.39, 0.29) is 12.3 Å². The molecule has 0 spiro atoms.